The molecule has 1 aromatic rings. The van der Waals surface area contributed by atoms with Crippen LogP contribution in [0, 0.1) is 11.3 Å². The van der Waals surface area contributed by atoms with Crippen molar-refractivity contribution in [3.05, 3.63) is 23.7 Å². The van der Waals surface area contributed by atoms with Crippen molar-refractivity contribution in [3.63, 3.8) is 0 Å². The van der Waals surface area contributed by atoms with E-state index in [1.807, 2.05) is 6.26 Å². The Balaban J connectivity index is 1.88. The van der Waals surface area contributed by atoms with Crippen LogP contribution in [-0.4, -0.2) is 24.5 Å². The zero-order chi connectivity index (χ0) is 15.3. The van der Waals surface area contributed by atoms with Gasteiger partial charge in [-0.05, 0) is 49.8 Å². The summed E-state index contributed by atoms with van der Waals surface area (Å²) >= 11 is 0. The van der Waals surface area contributed by atoms with Crippen LogP contribution in [0.25, 0.3) is 0 Å². The summed E-state index contributed by atoms with van der Waals surface area (Å²) in [6.45, 7) is 14.5. The fourth-order valence-corrected chi connectivity index (χ4v) is 3.37. The van der Waals surface area contributed by atoms with Crippen molar-refractivity contribution < 1.29 is 4.42 Å². The quantitative estimate of drug-likeness (QED) is 0.784. The van der Waals surface area contributed by atoms with Crippen LogP contribution in [0.4, 0.5) is 0 Å². The molecule has 0 unspecified atom stereocenters. The van der Waals surface area contributed by atoms with Gasteiger partial charge in [0.2, 0.25) is 0 Å². The molecule has 2 heterocycles. The van der Waals surface area contributed by atoms with Gasteiger partial charge in [0.05, 0.1) is 12.8 Å². The maximum atomic E-state index is 5.67. The van der Waals surface area contributed by atoms with Gasteiger partial charge in [-0.1, -0.05) is 27.7 Å². The third kappa shape index (κ3) is 4.33. The minimum atomic E-state index is 0.555. The fourth-order valence-electron chi connectivity index (χ4n) is 3.37. The van der Waals surface area contributed by atoms with Gasteiger partial charge < -0.3 is 9.73 Å². The Morgan fingerprint density at radius 1 is 1.33 bits per heavy atom. The number of rotatable bonds is 8. The zero-order valence-electron chi connectivity index (χ0n) is 14.2. The molecule has 1 fully saturated rings. The molecule has 0 radical (unpaired) electrons. The SMILES string of the molecule is CCC1(CC)CCN(Cc2ccoc2CNCC(C)C)C1. The number of nitrogens with one attached hydrogen (secondary N) is 1. The number of hydrogen-bond acceptors (Lipinski definition) is 3. The van der Waals surface area contributed by atoms with Crippen molar-refractivity contribution in [1.29, 1.82) is 0 Å². The Morgan fingerprint density at radius 3 is 2.71 bits per heavy atom. The topological polar surface area (TPSA) is 28.4 Å². The average Bonchev–Trinajstić information content (AvgIpc) is 3.07. The van der Waals surface area contributed by atoms with Crippen LogP contribution < -0.4 is 5.32 Å². The lowest BCUT2D eigenvalue weighted by molar-refractivity contribution is 0.235. The number of likely N-dealkylation sites (tertiary alicyclic amines) is 1. The maximum absolute atomic E-state index is 5.67. The van der Waals surface area contributed by atoms with Crippen molar-refractivity contribution >= 4 is 0 Å². The highest BCUT2D eigenvalue weighted by Crippen LogP contribution is 2.37. The predicted molar refractivity (Wildman–Crippen MR) is 88.2 cm³/mol. The first-order valence-electron chi connectivity index (χ1n) is 8.57. The fraction of sp³-hybridized carbons (Fsp3) is 0.778. The Kier molecular flexibility index (Phi) is 5.88. The highest BCUT2D eigenvalue weighted by Gasteiger charge is 2.34. The summed E-state index contributed by atoms with van der Waals surface area (Å²) in [6, 6.07) is 2.14. The predicted octanol–water partition coefficient (Wildman–Crippen LogP) is 4.04. The molecule has 3 nitrogen and oxygen atoms in total. The van der Waals surface area contributed by atoms with E-state index in [0.29, 0.717) is 11.3 Å². The van der Waals surface area contributed by atoms with Crippen LogP contribution in [0.15, 0.2) is 16.7 Å². The highest BCUT2D eigenvalue weighted by atomic mass is 16.3. The summed E-state index contributed by atoms with van der Waals surface area (Å²) in [6.07, 6.45) is 5.78. The van der Waals surface area contributed by atoms with Gasteiger partial charge in [0.15, 0.2) is 0 Å². The molecule has 1 N–H and O–H groups in total. The molecule has 1 aromatic heterocycles. The molecular formula is C18H32N2O. The maximum Gasteiger partial charge on any atom is 0.122 e. The number of furan rings is 1. The van der Waals surface area contributed by atoms with Gasteiger partial charge in [-0.25, -0.2) is 0 Å². The molecule has 0 aliphatic carbocycles. The summed E-state index contributed by atoms with van der Waals surface area (Å²) in [4.78, 5) is 2.60. The molecule has 0 amide bonds. The molecule has 1 aliphatic heterocycles. The highest BCUT2D eigenvalue weighted by molar-refractivity contribution is 5.17. The van der Waals surface area contributed by atoms with Crippen LogP contribution in [-0.2, 0) is 13.1 Å². The minimum absolute atomic E-state index is 0.555. The van der Waals surface area contributed by atoms with Crippen molar-refractivity contribution in [2.75, 3.05) is 19.6 Å². The molecule has 0 atom stereocenters. The summed E-state index contributed by atoms with van der Waals surface area (Å²) in [7, 11) is 0. The molecule has 0 aromatic carbocycles. The van der Waals surface area contributed by atoms with Crippen LogP contribution in [0.1, 0.15) is 58.3 Å². The monoisotopic (exact) mass is 292 g/mol. The molecule has 1 saturated heterocycles. The lowest BCUT2D eigenvalue weighted by Crippen LogP contribution is -2.26. The molecule has 2 rings (SSSR count). The second-order valence-corrected chi connectivity index (χ2v) is 7.06. The van der Waals surface area contributed by atoms with E-state index in [-0.39, 0.29) is 0 Å². The summed E-state index contributed by atoms with van der Waals surface area (Å²) < 4.78 is 5.67. The van der Waals surface area contributed by atoms with Crippen LogP contribution in [0.5, 0.6) is 0 Å². The van der Waals surface area contributed by atoms with Crippen LogP contribution in [0.2, 0.25) is 0 Å². The molecule has 3 heteroatoms. The third-order valence-corrected chi connectivity index (χ3v) is 5.09. The van der Waals surface area contributed by atoms with Gasteiger partial charge in [0.25, 0.3) is 0 Å². The van der Waals surface area contributed by atoms with Crippen molar-refractivity contribution in [1.82, 2.24) is 10.2 Å². The Bertz CT molecular complexity index is 421. The summed E-state index contributed by atoms with van der Waals surface area (Å²) in [5.41, 5.74) is 1.91. The normalized spacial score (nSPS) is 18.7. The lowest BCUT2D eigenvalue weighted by atomic mass is 9.82. The second-order valence-electron chi connectivity index (χ2n) is 7.06. The lowest BCUT2D eigenvalue weighted by Gasteiger charge is -2.26. The van der Waals surface area contributed by atoms with E-state index < -0.39 is 0 Å². The largest absolute Gasteiger partial charge is 0.468 e. The smallest absolute Gasteiger partial charge is 0.122 e. The summed E-state index contributed by atoms with van der Waals surface area (Å²) in [5.74, 6) is 1.79. The Labute approximate surface area is 130 Å². The van der Waals surface area contributed by atoms with Gasteiger partial charge >= 0.3 is 0 Å². The first-order chi connectivity index (χ1) is 10.1. The van der Waals surface area contributed by atoms with Gasteiger partial charge in [0.1, 0.15) is 5.76 Å². The number of nitrogens with zero attached hydrogens (tertiary/aromatic N) is 1. The van der Waals surface area contributed by atoms with E-state index in [0.717, 1.165) is 25.4 Å². The first-order valence-corrected chi connectivity index (χ1v) is 8.57. The molecule has 1 aliphatic rings. The molecule has 0 spiro atoms. The third-order valence-electron chi connectivity index (χ3n) is 5.09. The van der Waals surface area contributed by atoms with E-state index in [9.17, 15) is 0 Å². The van der Waals surface area contributed by atoms with E-state index in [1.165, 1.54) is 37.9 Å². The van der Waals surface area contributed by atoms with Gasteiger partial charge in [0, 0.05) is 18.7 Å². The van der Waals surface area contributed by atoms with E-state index in [4.69, 9.17) is 4.42 Å². The summed E-state index contributed by atoms with van der Waals surface area (Å²) in [5, 5.41) is 3.48. The number of hydrogen-bond donors (Lipinski definition) is 1. The average molecular weight is 292 g/mol. The molecule has 21 heavy (non-hydrogen) atoms. The van der Waals surface area contributed by atoms with E-state index in [2.05, 4.69) is 44.0 Å². The van der Waals surface area contributed by atoms with Gasteiger partial charge in [-0.3, -0.25) is 4.90 Å². The molecule has 120 valence electrons. The second kappa shape index (κ2) is 7.46. The van der Waals surface area contributed by atoms with Crippen molar-refractivity contribution in [2.45, 2.75) is 60.0 Å². The first kappa shape index (κ1) is 16.6. The van der Waals surface area contributed by atoms with E-state index >= 15 is 0 Å². The standard InChI is InChI=1S/C18H32N2O/c1-5-18(6-2)8-9-20(14-18)13-16-7-10-21-17(16)12-19-11-15(3)4/h7,10,15,19H,5-6,8-9,11-14H2,1-4H3. The minimum Gasteiger partial charge on any atom is -0.468 e. The molecule has 0 bridgehead atoms. The van der Waals surface area contributed by atoms with Gasteiger partial charge in [-0.15, -0.1) is 0 Å². The van der Waals surface area contributed by atoms with E-state index in [1.54, 1.807) is 0 Å². The molecule has 0 saturated carbocycles. The zero-order valence-corrected chi connectivity index (χ0v) is 14.2. The van der Waals surface area contributed by atoms with Crippen LogP contribution >= 0.6 is 0 Å². The van der Waals surface area contributed by atoms with Crippen molar-refractivity contribution in [3.8, 4) is 0 Å². The molecular weight excluding hydrogens is 260 g/mol. The van der Waals surface area contributed by atoms with Crippen molar-refractivity contribution in [2.24, 2.45) is 11.3 Å². The van der Waals surface area contributed by atoms with Crippen LogP contribution in [0.3, 0.4) is 0 Å². The Morgan fingerprint density at radius 2 is 2.10 bits per heavy atom. The Hall–Kier alpha value is -0.800. The van der Waals surface area contributed by atoms with Gasteiger partial charge in [-0.2, -0.15) is 0 Å².